The number of aromatic nitrogens is 3. The van der Waals surface area contributed by atoms with E-state index < -0.39 is 0 Å². The van der Waals surface area contributed by atoms with Crippen LogP contribution in [0.4, 0.5) is 5.13 Å². The van der Waals surface area contributed by atoms with Gasteiger partial charge in [0.2, 0.25) is 5.13 Å². The maximum Gasteiger partial charge on any atom is 0.257 e. The predicted octanol–water partition coefficient (Wildman–Crippen LogP) is 5.87. The van der Waals surface area contributed by atoms with Gasteiger partial charge in [-0.3, -0.25) is 15.1 Å². The van der Waals surface area contributed by atoms with Gasteiger partial charge < -0.3 is 0 Å². The van der Waals surface area contributed by atoms with Gasteiger partial charge in [0.1, 0.15) is 0 Å². The molecule has 4 rings (SSSR count). The molecule has 0 bridgehead atoms. The van der Waals surface area contributed by atoms with Crippen molar-refractivity contribution < 1.29 is 4.79 Å². The van der Waals surface area contributed by atoms with Gasteiger partial charge in [-0.05, 0) is 37.0 Å². The van der Waals surface area contributed by atoms with Crippen LogP contribution >= 0.6 is 23.1 Å². The predicted molar refractivity (Wildman–Crippen MR) is 119 cm³/mol. The van der Waals surface area contributed by atoms with Crippen LogP contribution in [-0.2, 0) is 4.79 Å². The highest BCUT2D eigenvalue weighted by Crippen LogP contribution is 2.38. The normalized spacial score (nSPS) is 14.4. The van der Waals surface area contributed by atoms with E-state index in [1.54, 1.807) is 6.20 Å². The number of carbonyl (C=O) groups excluding carboxylic acids is 1. The number of hydrogen-bond acceptors (Lipinski definition) is 6. The summed E-state index contributed by atoms with van der Waals surface area (Å²) in [5.41, 5.74) is 4.11. The van der Waals surface area contributed by atoms with Crippen LogP contribution in [0, 0.1) is 5.41 Å². The number of anilines is 1. The molecular formula is C22H22N4OS2. The number of fused-ring (bicyclic) bond motifs is 1. The second-order valence-electron chi connectivity index (χ2n) is 8.05. The first kappa shape index (κ1) is 19.8. The minimum absolute atomic E-state index is 0.0587. The number of rotatable bonds is 4. The largest absolute Gasteiger partial charge is 0.296 e. The third-order valence-corrected chi connectivity index (χ3v) is 6.84. The molecule has 148 valence electrons. The van der Waals surface area contributed by atoms with Gasteiger partial charge in [0, 0.05) is 22.1 Å². The summed E-state index contributed by atoms with van der Waals surface area (Å²) < 4.78 is 0.777. The van der Waals surface area contributed by atoms with Gasteiger partial charge in [0.15, 0.2) is 4.34 Å². The Morgan fingerprint density at radius 2 is 1.97 bits per heavy atom. The molecule has 2 heterocycles. The van der Waals surface area contributed by atoms with Crippen LogP contribution < -0.4 is 5.32 Å². The van der Waals surface area contributed by atoms with Crippen molar-refractivity contribution in [2.45, 2.75) is 43.4 Å². The van der Waals surface area contributed by atoms with E-state index in [2.05, 4.69) is 41.3 Å². The molecule has 3 aromatic rings. The lowest BCUT2D eigenvalue weighted by Crippen LogP contribution is -2.13. The van der Waals surface area contributed by atoms with Crippen LogP contribution in [0.1, 0.15) is 34.1 Å². The smallest absolute Gasteiger partial charge is 0.257 e. The summed E-state index contributed by atoms with van der Waals surface area (Å²) in [6.45, 7) is 8.53. The third kappa shape index (κ3) is 4.26. The van der Waals surface area contributed by atoms with Gasteiger partial charge in [0.25, 0.3) is 5.91 Å². The van der Waals surface area contributed by atoms with E-state index in [-0.39, 0.29) is 11.3 Å². The third-order valence-electron chi connectivity index (χ3n) is 4.88. The fourth-order valence-electron chi connectivity index (χ4n) is 3.19. The highest BCUT2D eigenvalue weighted by molar-refractivity contribution is 8.01. The Balaban J connectivity index is 1.49. The lowest BCUT2D eigenvalue weighted by atomic mass is 9.85. The molecule has 1 aliphatic rings. The maximum absolute atomic E-state index is 12.8. The molecule has 0 radical (unpaired) electrons. The van der Waals surface area contributed by atoms with E-state index in [0.717, 1.165) is 37.7 Å². The van der Waals surface area contributed by atoms with Crippen molar-refractivity contribution in [3.05, 3.63) is 59.3 Å². The van der Waals surface area contributed by atoms with Crippen molar-refractivity contribution >= 4 is 45.0 Å². The highest BCUT2D eigenvalue weighted by atomic mass is 32.2. The van der Waals surface area contributed by atoms with E-state index in [0.29, 0.717) is 5.13 Å². The van der Waals surface area contributed by atoms with Crippen molar-refractivity contribution in [1.82, 2.24) is 15.2 Å². The van der Waals surface area contributed by atoms with E-state index in [1.807, 2.05) is 43.3 Å². The average Bonchev–Trinajstić information content (AvgIpc) is 3.28. The first-order chi connectivity index (χ1) is 13.8. The van der Waals surface area contributed by atoms with Gasteiger partial charge in [-0.15, -0.1) is 10.2 Å². The molecule has 0 atom stereocenters. The Hall–Kier alpha value is -2.51. The second kappa shape index (κ2) is 7.72. The van der Waals surface area contributed by atoms with Gasteiger partial charge in [-0.1, -0.05) is 73.2 Å². The number of amides is 1. The van der Waals surface area contributed by atoms with Gasteiger partial charge >= 0.3 is 0 Å². The summed E-state index contributed by atoms with van der Waals surface area (Å²) in [5, 5.41) is 12.9. The van der Waals surface area contributed by atoms with Crippen LogP contribution in [0.2, 0.25) is 0 Å². The fraction of sp³-hybridized carbons (Fsp3) is 0.273. The Labute approximate surface area is 178 Å². The lowest BCUT2D eigenvalue weighted by Gasteiger charge is -2.20. The van der Waals surface area contributed by atoms with E-state index in [4.69, 9.17) is 0 Å². The number of nitrogens with one attached hydrogen (secondary N) is 1. The summed E-state index contributed by atoms with van der Waals surface area (Å²) in [5.74, 6) is -0.121. The molecule has 1 N–H and O–H groups in total. The number of carbonyl (C=O) groups is 1. The molecule has 0 saturated carbocycles. The zero-order valence-corrected chi connectivity index (χ0v) is 18.4. The Morgan fingerprint density at radius 3 is 2.72 bits per heavy atom. The van der Waals surface area contributed by atoms with E-state index >= 15 is 0 Å². The van der Waals surface area contributed by atoms with Gasteiger partial charge in [-0.25, -0.2) is 0 Å². The topological polar surface area (TPSA) is 67.8 Å². The number of para-hydroxylation sites is 1. The summed E-state index contributed by atoms with van der Waals surface area (Å²) >= 11 is 2.91. The number of allylic oxidation sites excluding steroid dienone is 2. The molecule has 0 unspecified atom stereocenters. The first-order valence-electron chi connectivity index (χ1n) is 9.38. The van der Waals surface area contributed by atoms with Crippen molar-refractivity contribution in [2.75, 3.05) is 5.32 Å². The van der Waals surface area contributed by atoms with Crippen LogP contribution in [0.3, 0.4) is 0 Å². The van der Waals surface area contributed by atoms with Crippen LogP contribution in [0.25, 0.3) is 10.9 Å². The summed E-state index contributed by atoms with van der Waals surface area (Å²) in [6, 6.07) is 9.97. The monoisotopic (exact) mass is 422 g/mol. The van der Waals surface area contributed by atoms with Crippen LogP contribution in [-0.4, -0.2) is 21.1 Å². The van der Waals surface area contributed by atoms with Crippen molar-refractivity contribution in [3.8, 4) is 0 Å². The second-order valence-corrected chi connectivity index (χ2v) is 10.3. The highest BCUT2D eigenvalue weighted by Gasteiger charge is 2.26. The molecule has 0 saturated heterocycles. The van der Waals surface area contributed by atoms with E-state index in [9.17, 15) is 4.79 Å². The van der Waals surface area contributed by atoms with Crippen molar-refractivity contribution in [1.29, 1.82) is 0 Å². The SMILES string of the molecule is CC1=C(C(=O)Nc2nnc(Sc3ccnc4ccccc34)s2)C=C(C(C)(C)C)C1. The van der Waals surface area contributed by atoms with Crippen molar-refractivity contribution in [3.63, 3.8) is 0 Å². The lowest BCUT2D eigenvalue weighted by molar-refractivity contribution is -0.112. The Bertz CT molecular complexity index is 1150. The summed E-state index contributed by atoms with van der Waals surface area (Å²) in [4.78, 5) is 18.2. The minimum Gasteiger partial charge on any atom is -0.296 e. The Kier molecular flexibility index (Phi) is 5.27. The first-order valence-corrected chi connectivity index (χ1v) is 11.0. The molecule has 0 aliphatic heterocycles. The fourth-order valence-corrected chi connectivity index (χ4v) is 5.02. The minimum atomic E-state index is -0.121. The average molecular weight is 423 g/mol. The number of hydrogen-bond donors (Lipinski definition) is 1. The number of benzene rings is 1. The molecule has 5 nitrogen and oxygen atoms in total. The molecule has 1 amide bonds. The van der Waals surface area contributed by atoms with Crippen LogP contribution in [0.15, 0.2) is 68.6 Å². The maximum atomic E-state index is 12.8. The van der Waals surface area contributed by atoms with Gasteiger partial charge in [-0.2, -0.15) is 0 Å². The molecule has 0 spiro atoms. The van der Waals surface area contributed by atoms with Crippen LogP contribution in [0.5, 0.6) is 0 Å². The zero-order chi connectivity index (χ0) is 20.6. The number of pyridine rings is 1. The summed E-state index contributed by atoms with van der Waals surface area (Å²) in [6.07, 6.45) is 4.66. The molecule has 0 fully saturated rings. The molecule has 7 heteroatoms. The quantitative estimate of drug-likeness (QED) is 0.533. The standard InChI is InChI=1S/C22H22N4OS2/c1-13-11-14(22(2,3)4)12-16(13)19(27)24-20-25-26-21(29-20)28-18-9-10-23-17-8-6-5-7-15(17)18/h5-10,12H,11H2,1-4H3,(H,24,25,27). The van der Waals surface area contributed by atoms with E-state index in [1.165, 1.54) is 28.7 Å². The molecule has 2 aromatic heterocycles. The molecule has 1 aliphatic carbocycles. The summed E-state index contributed by atoms with van der Waals surface area (Å²) in [7, 11) is 0. The number of nitrogens with zero attached hydrogens (tertiary/aromatic N) is 3. The van der Waals surface area contributed by atoms with Crippen molar-refractivity contribution in [2.24, 2.45) is 5.41 Å². The van der Waals surface area contributed by atoms with Gasteiger partial charge in [0.05, 0.1) is 5.52 Å². The zero-order valence-electron chi connectivity index (χ0n) is 16.8. The molecular weight excluding hydrogens is 400 g/mol. The Morgan fingerprint density at radius 1 is 1.17 bits per heavy atom. The molecule has 29 heavy (non-hydrogen) atoms. The molecule has 1 aromatic carbocycles.